The van der Waals surface area contributed by atoms with Gasteiger partial charge in [-0.2, -0.15) is 19.4 Å². The summed E-state index contributed by atoms with van der Waals surface area (Å²) in [6, 6.07) is 3.52. The molecule has 3 aliphatic rings. The van der Waals surface area contributed by atoms with E-state index in [1.807, 2.05) is 4.31 Å². The van der Waals surface area contributed by atoms with Crippen molar-refractivity contribution in [3.8, 4) is 5.88 Å². The number of rotatable bonds is 8. The average molecular weight is 464 g/mol. The Hall–Kier alpha value is -2.44. The van der Waals surface area contributed by atoms with Gasteiger partial charge in [0, 0.05) is 30.3 Å². The van der Waals surface area contributed by atoms with E-state index in [-0.39, 0.29) is 30.0 Å². The molecular formula is C20H29N7O4S. The van der Waals surface area contributed by atoms with Gasteiger partial charge in [-0.1, -0.05) is 6.42 Å². The Balaban J connectivity index is 1.31. The molecule has 2 aromatic rings. The first-order valence-corrected chi connectivity index (χ1v) is 12.6. The van der Waals surface area contributed by atoms with Gasteiger partial charge >= 0.3 is 0 Å². The summed E-state index contributed by atoms with van der Waals surface area (Å²) in [5.41, 5.74) is 0.589. The first-order valence-electron chi connectivity index (χ1n) is 11.1. The van der Waals surface area contributed by atoms with E-state index in [0.29, 0.717) is 29.2 Å². The summed E-state index contributed by atoms with van der Waals surface area (Å²) in [6.07, 6.45) is 5.95. The van der Waals surface area contributed by atoms with Gasteiger partial charge in [0.25, 0.3) is 0 Å². The lowest BCUT2D eigenvalue weighted by Crippen LogP contribution is -2.57. The van der Waals surface area contributed by atoms with E-state index in [1.165, 1.54) is 0 Å². The zero-order valence-corrected chi connectivity index (χ0v) is 18.8. The highest BCUT2D eigenvalue weighted by Gasteiger charge is 2.49. The molecule has 4 N–H and O–H groups in total. The van der Waals surface area contributed by atoms with Crippen molar-refractivity contribution in [2.75, 3.05) is 17.7 Å². The quantitative estimate of drug-likeness (QED) is 0.460. The standard InChI is InChI=1S/C20H29N7O4S/c1-31-19-10-17(22-18-9-13(11-28)25-26-18)23-20(24-19)21-12-7-14-3-2-4-15(8-12)27(14)32(29,30)16-5-6-16/h9-10,12,14-16,28H,2-8,11H2,1H3,(H3,21,22,23,24,25,26)/t12?,14-,15+. The number of fused-ring (bicyclic) bond motifs is 2. The second-order valence-corrected chi connectivity index (χ2v) is 10.9. The van der Waals surface area contributed by atoms with Gasteiger partial charge in [-0.3, -0.25) is 5.10 Å². The van der Waals surface area contributed by atoms with Crippen LogP contribution in [-0.2, 0) is 16.6 Å². The molecule has 0 spiro atoms. The fourth-order valence-electron chi connectivity index (χ4n) is 4.89. The number of sulfonamides is 1. The number of methoxy groups -OCH3 is 1. The number of nitrogens with zero attached hydrogens (tertiary/aromatic N) is 4. The monoisotopic (exact) mass is 463 g/mol. The van der Waals surface area contributed by atoms with Gasteiger partial charge < -0.3 is 20.5 Å². The molecule has 1 unspecified atom stereocenters. The minimum atomic E-state index is -3.18. The number of hydrogen-bond donors (Lipinski definition) is 4. The third kappa shape index (κ3) is 4.26. The van der Waals surface area contributed by atoms with Crippen LogP contribution in [-0.4, -0.2) is 68.5 Å². The summed E-state index contributed by atoms with van der Waals surface area (Å²) < 4.78 is 33.1. The van der Waals surface area contributed by atoms with Crippen LogP contribution >= 0.6 is 0 Å². The van der Waals surface area contributed by atoms with Gasteiger partial charge in [0.1, 0.15) is 5.82 Å². The molecule has 3 fully saturated rings. The van der Waals surface area contributed by atoms with E-state index in [4.69, 9.17) is 4.74 Å². The first-order chi connectivity index (χ1) is 15.5. The van der Waals surface area contributed by atoms with Crippen LogP contribution in [0.25, 0.3) is 0 Å². The van der Waals surface area contributed by atoms with Crippen LogP contribution in [0.1, 0.15) is 50.6 Å². The molecule has 11 nitrogen and oxygen atoms in total. The summed E-state index contributed by atoms with van der Waals surface area (Å²) in [6.45, 7) is -0.133. The fraction of sp³-hybridized carbons (Fsp3) is 0.650. The van der Waals surface area contributed by atoms with Crippen LogP contribution in [0.4, 0.5) is 17.6 Å². The van der Waals surface area contributed by atoms with Crippen LogP contribution in [0.5, 0.6) is 5.88 Å². The first kappa shape index (κ1) is 21.4. The van der Waals surface area contributed by atoms with E-state index in [0.717, 1.165) is 44.9 Å². The average Bonchev–Trinajstić information content (AvgIpc) is 3.54. The predicted octanol–water partition coefficient (Wildman–Crippen LogP) is 1.73. The summed E-state index contributed by atoms with van der Waals surface area (Å²) in [5, 5.41) is 22.4. The molecule has 174 valence electrons. The number of anilines is 3. The number of piperidine rings is 2. The van der Waals surface area contributed by atoms with Crippen molar-refractivity contribution >= 4 is 27.6 Å². The lowest BCUT2D eigenvalue weighted by Gasteiger charge is -2.47. The molecule has 2 aliphatic heterocycles. The molecule has 2 saturated heterocycles. The minimum Gasteiger partial charge on any atom is -0.481 e. The van der Waals surface area contributed by atoms with Crippen molar-refractivity contribution in [1.29, 1.82) is 0 Å². The Morgan fingerprint density at radius 2 is 1.91 bits per heavy atom. The Labute approximate surface area is 187 Å². The number of hydrogen-bond acceptors (Lipinski definition) is 9. The van der Waals surface area contributed by atoms with E-state index in [1.54, 1.807) is 19.2 Å². The summed E-state index contributed by atoms with van der Waals surface area (Å²) in [7, 11) is -1.64. The Morgan fingerprint density at radius 1 is 1.16 bits per heavy atom. The number of aromatic amines is 1. The molecule has 3 atom stereocenters. The van der Waals surface area contributed by atoms with Crippen molar-refractivity contribution < 1.29 is 18.3 Å². The zero-order valence-electron chi connectivity index (χ0n) is 18.0. The molecule has 0 amide bonds. The normalized spacial score (nSPS) is 26.0. The number of aliphatic hydroxyl groups excluding tert-OH is 1. The highest BCUT2D eigenvalue weighted by Crippen LogP contribution is 2.42. The lowest BCUT2D eigenvalue weighted by molar-refractivity contribution is 0.115. The minimum absolute atomic E-state index is 0.0368. The summed E-state index contributed by atoms with van der Waals surface area (Å²) in [4.78, 5) is 8.97. The van der Waals surface area contributed by atoms with Crippen LogP contribution in [0, 0.1) is 0 Å². The summed E-state index contributed by atoms with van der Waals surface area (Å²) >= 11 is 0. The highest BCUT2D eigenvalue weighted by atomic mass is 32.2. The van der Waals surface area contributed by atoms with E-state index >= 15 is 0 Å². The van der Waals surface area contributed by atoms with Gasteiger partial charge in [0.05, 0.1) is 24.7 Å². The number of aliphatic hydroxyl groups is 1. The molecule has 4 heterocycles. The molecule has 1 aliphatic carbocycles. The Bertz CT molecular complexity index is 1060. The van der Waals surface area contributed by atoms with Crippen molar-refractivity contribution in [2.24, 2.45) is 0 Å². The topological polar surface area (TPSA) is 145 Å². The molecule has 2 aromatic heterocycles. The Morgan fingerprint density at radius 3 is 2.53 bits per heavy atom. The number of ether oxygens (including phenoxy) is 1. The van der Waals surface area contributed by atoms with E-state index < -0.39 is 10.0 Å². The molecule has 1 saturated carbocycles. The summed E-state index contributed by atoms with van der Waals surface area (Å²) in [5.74, 6) is 1.85. The van der Waals surface area contributed by atoms with Crippen LogP contribution in [0.2, 0.25) is 0 Å². The molecule has 5 rings (SSSR count). The highest BCUT2D eigenvalue weighted by molar-refractivity contribution is 7.90. The second-order valence-electron chi connectivity index (χ2n) is 8.81. The van der Waals surface area contributed by atoms with Crippen molar-refractivity contribution in [3.05, 3.63) is 17.8 Å². The van der Waals surface area contributed by atoms with Crippen LogP contribution in [0.3, 0.4) is 0 Å². The van der Waals surface area contributed by atoms with Crippen LogP contribution in [0.15, 0.2) is 12.1 Å². The molecular weight excluding hydrogens is 434 g/mol. The number of H-pyrrole nitrogens is 1. The molecule has 2 bridgehead atoms. The maximum atomic E-state index is 13.0. The van der Waals surface area contributed by atoms with Crippen molar-refractivity contribution in [2.45, 2.75) is 74.9 Å². The van der Waals surface area contributed by atoms with Gasteiger partial charge in [0.15, 0.2) is 5.82 Å². The van der Waals surface area contributed by atoms with Gasteiger partial charge in [-0.05, 0) is 38.5 Å². The van der Waals surface area contributed by atoms with Crippen molar-refractivity contribution in [3.63, 3.8) is 0 Å². The number of nitrogens with one attached hydrogen (secondary N) is 3. The third-order valence-electron chi connectivity index (χ3n) is 6.45. The van der Waals surface area contributed by atoms with E-state index in [9.17, 15) is 13.5 Å². The predicted molar refractivity (Wildman–Crippen MR) is 118 cm³/mol. The van der Waals surface area contributed by atoms with Crippen LogP contribution < -0.4 is 15.4 Å². The molecule has 32 heavy (non-hydrogen) atoms. The molecule has 0 aromatic carbocycles. The zero-order chi connectivity index (χ0) is 22.3. The van der Waals surface area contributed by atoms with Gasteiger partial charge in [0.2, 0.25) is 21.9 Å². The van der Waals surface area contributed by atoms with Gasteiger partial charge in [-0.15, -0.1) is 0 Å². The third-order valence-corrected chi connectivity index (χ3v) is 8.95. The molecule has 12 heteroatoms. The molecule has 0 radical (unpaired) electrons. The van der Waals surface area contributed by atoms with Gasteiger partial charge in [-0.25, -0.2) is 8.42 Å². The number of aromatic nitrogens is 4. The maximum Gasteiger partial charge on any atom is 0.228 e. The maximum absolute atomic E-state index is 13.0. The van der Waals surface area contributed by atoms with E-state index in [2.05, 4.69) is 30.8 Å². The second kappa shape index (κ2) is 8.49. The van der Waals surface area contributed by atoms with Crippen molar-refractivity contribution in [1.82, 2.24) is 24.5 Å². The largest absolute Gasteiger partial charge is 0.481 e. The lowest BCUT2D eigenvalue weighted by atomic mass is 9.84. The SMILES string of the molecule is COc1cc(Nc2cc(CO)[nH]n2)nc(NC2C[C@H]3CCC[C@@H](C2)N3S(=O)(=O)C2CC2)n1. The smallest absolute Gasteiger partial charge is 0.228 e. The fourth-order valence-corrected chi connectivity index (χ4v) is 7.18. The Kier molecular flexibility index (Phi) is 5.68.